The molecule has 3 nitrogen and oxygen atoms in total. The normalized spacial score (nSPS) is 14.2. The van der Waals surface area contributed by atoms with Crippen molar-refractivity contribution in [3.05, 3.63) is 45.2 Å². The lowest BCUT2D eigenvalue weighted by Crippen LogP contribution is -2.26. The molecule has 0 spiro atoms. The number of hydrogen-bond donors (Lipinski definition) is 1. The minimum absolute atomic E-state index is 0.838. The van der Waals surface area contributed by atoms with Crippen LogP contribution in [0.5, 0.6) is 0 Å². The molecule has 1 aliphatic rings. The quantitative estimate of drug-likeness (QED) is 0.916. The molecule has 2 aromatic rings. The van der Waals surface area contributed by atoms with E-state index in [-0.39, 0.29) is 0 Å². The summed E-state index contributed by atoms with van der Waals surface area (Å²) in [5.41, 5.74) is 6.01. The molecule has 104 valence electrons. The van der Waals surface area contributed by atoms with E-state index in [9.17, 15) is 0 Å². The highest BCUT2D eigenvalue weighted by Gasteiger charge is 2.17. The number of nitrogens with one attached hydrogen (secondary N) is 1. The van der Waals surface area contributed by atoms with E-state index in [0.717, 1.165) is 47.5 Å². The van der Waals surface area contributed by atoms with Gasteiger partial charge in [0.25, 0.3) is 0 Å². The van der Waals surface area contributed by atoms with Gasteiger partial charge < -0.3 is 5.32 Å². The van der Waals surface area contributed by atoms with Gasteiger partial charge in [-0.25, -0.2) is 9.97 Å². The van der Waals surface area contributed by atoms with E-state index in [1.807, 2.05) is 0 Å². The lowest BCUT2D eigenvalue weighted by Gasteiger charge is -2.19. The summed E-state index contributed by atoms with van der Waals surface area (Å²) < 4.78 is 1.10. The number of rotatable bonds is 2. The van der Waals surface area contributed by atoms with Crippen LogP contribution >= 0.6 is 15.9 Å². The number of fused-ring (bicyclic) bond motifs is 1. The third kappa shape index (κ3) is 2.50. The molecular weight excluding hydrogens is 314 g/mol. The molecule has 20 heavy (non-hydrogen) atoms. The average molecular weight is 332 g/mol. The highest BCUT2D eigenvalue weighted by atomic mass is 79.9. The molecule has 0 saturated carbocycles. The molecule has 3 rings (SSSR count). The van der Waals surface area contributed by atoms with E-state index in [0.29, 0.717) is 0 Å². The van der Waals surface area contributed by atoms with Crippen molar-refractivity contribution < 1.29 is 0 Å². The van der Waals surface area contributed by atoms with Crippen LogP contribution in [-0.2, 0) is 19.4 Å². The molecule has 1 N–H and O–H groups in total. The van der Waals surface area contributed by atoms with Crippen LogP contribution in [0.2, 0.25) is 0 Å². The van der Waals surface area contributed by atoms with Crippen LogP contribution in [0.1, 0.15) is 29.4 Å². The van der Waals surface area contributed by atoms with Gasteiger partial charge in [0.1, 0.15) is 0 Å². The molecule has 0 atom stereocenters. The van der Waals surface area contributed by atoms with Crippen LogP contribution in [0.15, 0.2) is 22.7 Å². The van der Waals surface area contributed by atoms with Crippen molar-refractivity contribution in [1.82, 2.24) is 15.3 Å². The predicted molar refractivity (Wildman–Crippen MR) is 84.7 cm³/mol. The first-order chi connectivity index (χ1) is 9.69. The summed E-state index contributed by atoms with van der Waals surface area (Å²) >= 11 is 3.59. The van der Waals surface area contributed by atoms with Crippen LogP contribution in [0.3, 0.4) is 0 Å². The number of hydrogen-bond acceptors (Lipinski definition) is 3. The molecule has 0 unspecified atom stereocenters. The SMILES string of the molecule is CCc1nc(-c2ccc(C)c(Br)c2)nc2c1CCNC2. The fourth-order valence-electron chi connectivity index (χ4n) is 2.59. The third-order valence-electron chi connectivity index (χ3n) is 3.79. The maximum atomic E-state index is 4.79. The first kappa shape index (κ1) is 13.7. The second kappa shape index (κ2) is 5.62. The van der Waals surface area contributed by atoms with Gasteiger partial charge in [0.2, 0.25) is 0 Å². The Morgan fingerprint density at radius 3 is 2.90 bits per heavy atom. The number of aryl methyl sites for hydroxylation is 2. The van der Waals surface area contributed by atoms with Gasteiger partial charge >= 0.3 is 0 Å². The molecular formula is C16H18BrN3. The highest BCUT2D eigenvalue weighted by molar-refractivity contribution is 9.10. The Morgan fingerprint density at radius 2 is 2.15 bits per heavy atom. The monoisotopic (exact) mass is 331 g/mol. The van der Waals surface area contributed by atoms with E-state index >= 15 is 0 Å². The lowest BCUT2D eigenvalue weighted by atomic mass is 10.0. The fourth-order valence-corrected chi connectivity index (χ4v) is 2.97. The fraction of sp³-hybridized carbons (Fsp3) is 0.375. The van der Waals surface area contributed by atoms with E-state index in [1.54, 1.807) is 0 Å². The van der Waals surface area contributed by atoms with Crippen molar-refractivity contribution in [2.24, 2.45) is 0 Å². The Hall–Kier alpha value is -1.26. The van der Waals surface area contributed by atoms with E-state index in [1.165, 1.54) is 16.8 Å². The van der Waals surface area contributed by atoms with Crippen LogP contribution in [0.4, 0.5) is 0 Å². The summed E-state index contributed by atoms with van der Waals surface area (Å²) in [6.07, 6.45) is 2.00. The smallest absolute Gasteiger partial charge is 0.159 e. The predicted octanol–water partition coefficient (Wildman–Crippen LogP) is 3.42. The van der Waals surface area contributed by atoms with E-state index < -0.39 is 0 Å². The Labute approximate surface area is 128 Å². The van der Waals surface area contributed by atoms with Crippen LogP contribution in [-0.4, -0.2) is 16.5 Å². The van der Waals surface area contributed by atoms with E-state index in [4.69, 9.17) is 9.97 Å². The highest BCUT2D eigenvalue weighted by Crippen LogP contribution is 2.26. The van der Waals surface area contributed by atoms with Crippen molar-refractivity contribution in [1.29, 1.82) is 0 Å². The van der Waals surface area contributed by atoms with Crippen molar-refractivity contribution >= 4 is 15.9 Å². The van der Waals surface area contributed by atoms with Gasteiger partial charge in [0.15, 0.2) is 5.82 Å². The lowest BCUT2D eigenvalue weighted by molar-refractivity contribution is 0.617. The number of halogens is 1. The van der Waals surface area contributed by atoms with Gasteiger partial charge in [0, 0.05) is 22.3 Å². The van der Waals surface area contributed by atoms with Crippen molar-refractivity contribution in [3.8, 4) is 11.4 Å². The molecule has 1 aromatic heterocycles. The zero-order chi connectivity index (χ0) is 14.1. The summed E-state index contributed by atoms with van der Waals surface area (Å²) in [4.78, 5) is 9.55. The summed E-state index contributed by atoms with van der Waals surface area (Å²) in [5.74, 6) is 0.838. The van der Waals surface area contributed by atoms with Crippen molar-refractivity contribution in [3.63, 3.8) is 0 Å². The van der Waals surface area contributed by atoms with Gasteiger partial charge in [-0.15, -0.1) is 0 Å². The maximum Gasteiger partial charge on any atom is 0.159 e. The number of nitrogens with zero attached hydrogens (tertiary/aromatic N) is 2. The van der Waals surface area contributed by atoms with Gasteiger partial charge in [-0.1, -0.05) is 35.0 Å². The minimum atomic E-state index is 0.838. The summed E-state index contributed by atoms with van der Waals surface area (Å²) in [6.45, 7) is 6.13. The molecule has 1 aromatic carbocycles. The molecule has 0 saturated heterocycles. The topological polar surface area (TPSA) is 37.8 Å². The molecule has 2 heterocycles. The summed E-state index contributed by atoms with van der Waals surface area (Å²) in [5, 5.41) is 3.39. The van der Waals surface area contributed by atoms with Gasteiger partial charge in [-0.3, -0.25) is 0 Å². The van der Waals surface area contributed by atoms with Gasteiger partial charge in [-0.05, 0) is 43.5 Å². The average Bonchev–Trinajstić information content (AvgIpc) is 2.49. The van der Waals surface area contributed by atoms with Gasteiger partial charge in [0.05, 0.1) is 5.69 Å². The Balaban J connectivity index is 2.11. The van der Waals surface area contributed by atoms with Crippen molar-refractivity contribution in [2.45, 2.75) is 33.2 Å². The van der Waals surface area contributed by atoms with Crippen LogP contribution in [0, 0.1) is 6.92 Å². The third-order valence-corrected chi connectivity index (χ3v) is 4.64. The first-order valence-corrected chi connectivity index (χ1v) is 7.84. The Kier molecular flexibility index (Phi) is 3.85. The molecule has 0 bridgehead atoms. The molecule has 0 fully saturated rings. The molecule has 0 radical (unpaired) electrons. The Bertz CT molecular complexity index is 635. The van der Waals surface area contributed by atoms with Crippen LogP contribution < -0.4 is 5.32 Å². The van der Waals surface area contributed by atoms with E-state index in [2.05, 4.69) is 53.3 Å². The first-order valence-electron chi connectivity index (χ1n) is 7.05. The second-order valence-corrected chi connectivity index (χ2v) is 6.02. The van der Waals surface area contributed by atoms with Gasteiger partial charge in [-0.2, -0.15) is 0 Å². The largest absolute Gasteiger partial charge is 0.311 e. The maximum absolute atomic E-state index is 4.79. The molecule has 4 heteroatoms. The molecule has 1 aliphatic heterocycles. The van der Waals surface area contributed by atoms with Crippen molar-refractivity contribution in [2.75, 3.05) is 6.54 Å². The number of benzene rings is 1. The minimum Gasteiger partial charge on any atom is -0.311 e. The summed E-state index contributed by atoms with van der Waals surface area (Å²) in [7, 11) is 0. The number of aromatic nitrogens is 2. The molecule has 0 amide bonds. The zero-order valence-corrected chi connectivity index (χ0v) is 13.4. The molecule has 0 aliphatic carbocycles. The van der Waals surface area contributed by atoms with Crippen LogP contribution in [0.25, 0.3) is 11.4 Å². The summed E-state index contributed by atoms with van der Waals surface area (Å²) in [6, 6.07) is 6.30. The standard InChI is InChI=1S/C16H18BrN3/c1-3-14-12-6-7-18-9-15(12)20-16(19-14)11-5-4-10(2)13(17)8-11/h4-5,8,18H,3,6-7,9H2,1-2H3. The zero-order valence-electron chi connectivity index (χ0n) is 11.8. The second-order valence-electron chi connectivity index (χ2n) is 5.16. The Morgan fingerprint density at radius 1 is 1.30 bits per heavy atom.